The molecule has 0 aromatic heterocycles. The highest BCUT2D eigenvalue weighted by Gasteiger charge is 2.22. The minimum Gasteiger partial charge on any atom is -0.313 e. The zero-order valence-corrected chi connectivity index (χ0v) is 14.3. The van der Waals surface area contributed by atoms with E-state index in [1.54, 1.807) is 5.56 Å². The minimum absolute atomic E-state index is 0.541. The van der Waals surface area contributed by atoms with Gasteiger partial charge in [-0.1, -0.05) is 64.2 Å². The second kappa shape index (κ2) is 8.58. The monoisotopic (exact) mass is 287 g/mol. The first-order valence-electron chi connectivity index (χ1n) is 9.09. The summed E-state index contributed by atoms with van der Waals surface area (Å²) >= 11 is 0. The fourth-order valence-corrected chi connectivity index (χ4v) is 4.01. The van der Waals surface area contributed by atoms with Gasteiger partial charge in [-0.15, -0.1) is 0 Å². The minimum atomic E-state index is 0.541. The number of benzene rings is 1. The molecule has 1 nitrogen and oxygen atoms in total. The Kier molecular flexibility index (Phi) is 6.76. The highest BCUT2D eigenvalue weighted by atomic mass is 14.9. The Morgan fingerprint density at radius 3 is 2.14 bits per heavy atom. The molecule has 0 heterocycles. The third-order valence-electron chi connectivity index (χ3n) is 5.28. The molecule has 2 rings (SSSR count). The van der Waals surface area contributed by atoms with Crippen molar-refractivity contribution < 1.29 is 0 Å². The number of hydrogen-bond donors (Lipinski definition) is 1. The fraction of sp³-hybridized carbons (Fsp3) is 0.700. The lowest BCUT2D eigenvalue weighted by molar-refractivity contribution is 0.299. The second-order valence-electron chi connectivity index (χ2n) is 6.61. The van der Waals surface area contributed by atoms with E-state index in [1.165, 1.54) is 56.1 Å². The summed E-state index contributed by atoms with van der Waals surface area (Å²) in [5.41, 5.74) is 4.58. The zero-order valence-electron chi connectivity index (χ0n) is 14.3. The van der Waals surface area contributed by atoms with Crippen LogP contribution in [0.4, 0.5) is 0 Å². The quantitative estimate of drug-likeness (QED) is 0.761. The molecule has 0 amide bonds. The summed E-state index contributed by atoms with van der Waals surface area (Å²) in [6.45, 7) is 4.54. The molecule has 1 unspecified atom stereocenters. The van der Waals surface area contributed by atoms with Crippen LogP contribution in [0.25, 0.3) is 0 Å². The van der Waals surface area contributed by atoms with Gasteiger partial charge in [0.2, 0.25) is 0 Å². The van der Waals surface area contributed by atoms with Gasteiger partial charge in [0.25, 0.3) is 0 Å². The van der Waals surface area contributed by atoms with Crippen LogP contribution in [-0.2, 0) is 12.8 Å². The Balaban J connectivity index is 2.18. The standard InChI is InChI=1S/C20H33N/c1-4-16-13-14-19(15-17(16)5-2)20(21-3)18-11-9-7-6-8-10-12-18/h13-15,18,20-21H,4-12H2,1-3H3. The van der Waals surface area contributed by atoms with E-state index in [1.807, 2.05) is 0 Å². The van der Waals surface area contributed by atoms with Crippen LogP contribution in [0.15, 0.2) is 18.2 Å². The number of rotatable bonds is 5. The van der Waals surface area contributed by atoms with Crippen LogP contribution in [0.2, 0.25) is 0 Å². The van der Waals surface area contributed by atoms with Crippen molar-refractivity contribution in [2.24, 2.45) is 5.92 Å². The number of aryl methyl sites for hydroxylation is 2. The number of nitrogens with one attached hydrogen (secondary N) is 1. The Morgan fingerprint density at radius 2 is 1.57 bits per heavy atom. The Bertz CT molecular complexity index is 416. The van der Waals surface area contributed by atoms with Crippen LogP contribution in [0.5, 0.6) is 0 Å². The lowest BCUT2D eigenvalue weighted by atomic mass is 9.82. The van der Waals surface area contributed by atoms with Crippen LogP contribution in [0, 0.1) is 5.92 Å². The summed E-state index contributed by atoms with van der Waals surface area (Å²) in [4.78, 5) is 0. The fourth-order valence-electron chi connectivity index (χ4n) is 4.01. The molecular weight excluding hydrogens is 254 g/mol. The molecule has 1 aromatic rings. The molecule has 0 saturated heterocycles. The van der Waals surface area contributed by atoms with Crippen molar-refractivity contribution in [1.82, 2.24) is 5.32 Å². The topological polar surface area (TPSA) is 12.0 Å². The Hall–Kier alpha value is -0.820. The first kappa shape index (κ1) is 16.5. The first-order valence-corrected chi connectivity index (χ1v) is 9.09. The third-order valence-corrected chi connectivity index (χ3v) is 5.28. The van der Waals surface area contributed by atoms with Crippen LogP contribution in [0.3, 0.4) is 0 Å². The molecule has 1 saturated carbocycles. The lowest BCUT2D eigenvalue weighted by Gasteiger charge is -2.29. The molecule has 1 aliphatic rings. The molecular formula is C20H33N. The van der Waals surface area contributed by atoms with E-state index in [-0.39, 0.29) is 0 Å². The maximum atomic E-state index is 3.63. The molecule has 21 heavy (non-hydrogen) atoms. The van der Waals surface area contributed by atoms with Gasteiger partial charge in [0.05, 0.1) is 0 Å². The molecule has 1 atom stereocenters. The van der Waals surface area contributed by atoms with E-state index < -0.39 is 0 Å². The van der Waals surface area contributed by atoms with Crippen molar-refractivity contribution in [3.05, 3.63) is 34.9 Å². The molecule has 0 spiro atoms. The van der Waals surface area contributed by atoms with Crippen molar-refractivity contribution in [2.45, 2.75) is 77.7 Å². The van der Waals surface area contributed by atoms with E-state index in [4.69, 9.17) is 0 Å². The molecule has 0 radical (unpaired) electrons. The largest absolute Gasteiger partial charge is 0.313 e. The lowest BCUT2D eigenvalue weighted by Crippen LogP contribution is -2.26. The van der Waals surface area contributed by atoms with E-state index >= 15 is 0 Å². The maximum absolute atomic E-state index is 3.63. The van der Waals surface area contributed by atoms with Crippen molar-refractivity contribution >= 4 is 0 Å². The second-order valence-corrected chi connectivity index (χ2v) is 6.61. The summed E-state index contributed by atoms with van der Waals surface area (Å²) in [6.07, 6.45) is 12.2. The van der Waals surface area contributed by atoms with E-state index in [0.29, 0.717) is 6.04 Å². The van der Waals surface area contributed by atoms with Crippen molar-refractivity contribution in [3.8, 4) is 0 Å². The predicted octanol–water partition coefficient (Wildman–Crippen LogP) is 5.43. The Morgan fingerprint density at radius 1 is 0.952 bits per heavy atom. The van der Waals surface area contributed by atoms with Crippen LogP contribution >= 0.6 is 0 Å². The van der Waals surface area contributed by atoms with E-state index in [2.05, 4.69) is 44.4 Å². The number of hydrogen-bond acceptors (Lipinski definition) is 1. The van der Waals surface area contributed by atoms with Crippen molar-refractivity contribution in [3.63, 3.8) is 0 Å². The maximum Gasteiger partial charge on any atom is 0.0346 e. The Labute approximate surface area is 131 Å². The van der Waals surface area contributed by atoms with Crippen LogP contribution in [0.1, 0.15) is 81.5 Å². The van der Waals surface area contributed by atoms with Crippen LogP contribution < -0.4 is 5.32 Å². The van der Waals surface area contributed by atoms with Crippen molar-refractivity contribution in [1.29, 1.82) is 0 Å². The van der Waals surface area contributed by atoms with E-state index in [0.717, 1.165) is 18.8 Å². The normalized spacial score (nSPS) is 19.0. The smallest absolute Gasteiger partial charge is 0.0346 e. The average Bonchev–Trinajstić information content (AvgIpc) is 2.49. The van der Waals surface area contributed by atoms with Crippen molar-refractivity contribution in [2.75, 3.05) is 7.05 Å². The van der Waals surface area contributed by atoms with Gasteiger partial charge >= 0.3 is 0 Å². The van der Waals surface area contributed by atoms with Gasteiger partial charge in [0.15, 0.2) is 0 Å². The summed E-state index contributed by atoms with van der Waals surface area (Å²) < 4.78 is 0. The van der Waals surface area contributed by atoms with Gasteiger partial charge in [0.1, 0.15) is 0 Å². The molecule has 118 valence electrons. The van der Waals surface area contributed by atoms with Gasteiger partial charge < -0.3 is 5.32 Å². The highest BCUT2D eigenvalue weighted by molar-refractivity contribution is 5.34. The summed E-state index contributed by atoms with van der Waals surface area (Å²) in [5.74, 6) is 0.812. The summed E-state index contributed by atoms with van der Waals surface area (Å²) in [7, 11) is 2.14. The van der Waals surface area contributed by atoms with Gasteiger partial charge in [-0.2, -0.15) is 0 Å². The van der Waals surface area contributed by atoms with Gasteiger partial charge in [0, 0.05) is 6.04 Å². The predicted molar refractivity (Wildman–Crippen MR) is 92.8 cm³/mol. The molecule has 1 heteroatoms. The molecule has 1 N–H and O–H groups in total. The van der Waals surface area contributed by atoms with Gasteiger partial charge in [-0.3, -0.25) is 0 Å². The highest BCUT2D eigenvalue weighted by Crippen LogP contribution is 2.33. The molecule has 1 fully saturated rings. The summed E-state index contributed by atoms with van der Waals surface area (Å²) in [5, 5.41) is 3.63. The first-order chi connectivity index (χ1) is 10.3. The summed E-state index contributed by atoms with van der Waals surface area (Å²) in [6, 6.07) is 7.75. The molecule has 0 aliphatic heterocycles. The van der Waals surface area contributed by atoms with Gasteiger partial charge in [-0.25, -0.2) is 0 Å². The van der Waals surface area contributed by atoms with Gasteiger partial charge in [-0.05, 0) is 55.3 Å². The van der Waals surface area contributed by atoms with Crippen LogP contribution in [-0.4, -0.2) is 7.05 Å². The van der Waals surface area contributed by atoms with E-state index in [9.17, 15) is 0 Å². The zero-order chi connectivity index (χ0) is 15.1. The molecule has 1 aromatic carbocycles. The average molecular weight is 287 g/mol. The molecule has 1 aliphatic carbocycles. The molecule has 0 bridgehead atoms. The third kappa shape index (κ3) is 4.32. The SMILES string of the molecule is CCc1ccc(C(NC)C2CCCCCCC2)cc1CC.